The predicted molar refractivity (Wildman–Crippen MR) is 57.6 cm³/mol. The van der Waals surface area contributed by atoms with Crippen LogP contribution in [0.3, 0.4) is 0 Å². The molecule has 1 aromatic rings. The van der Waals surface area contributed by atoms with Crippen LogP contribution in [0.1, 0.15) is 18.0 Å². The van der Waals surface area contributed by atoms with Crippen LogP contribution in [0.15, 0.2) is 18.2 Å². The van der Waals surface area contributed by atoms with Crippen LogP contribution in [0.5, 0.6) is 0 Å². The lowest BCUT2D eigenvalue weighted by atomic mass is 10.0. The number of benzene rings is 1. The Morgan fingerprint density at radius 1 is 1.38 bits per heavy atom. The van der Waals surface area contributed by atoms with Gasteiger partial charge in [0.2, 0.25) is 0 Å². The molecule has 0 aliphatic carbocycles. The summed E-state index contributed by atoms with van der Waals surface area (Å²) in [5.41, 5.74) is 5.60. The monoisotopic (exact) mass is 249 g/mol. The maximum Gasteiger partial charge on any atom is 0.147 e. The summed E-state index contributed by atoms with van der Waals surface area (Å²) in [7, 11) is -3.15. The van der Waals surface area contributed by atoms with Crippen LogP contribution < -0.4 is 5.73 Å². The normalized spacial score (nSPS) is 13.8. The van der Waals surface area contributed by atoms with Gasteiger partial charge in [0.15, 0.2) is 0 Å². The minimum Gasteiger partial charge on any atom is -0.324 e. The Morgan fingerprint density at radius 3 is 2.56 bits per heavy atom. The quantitative estimate of drug-likeness (QED) is 0.877. The second kappa shape index (κ2) is 4.88. The topological polar surface area (TPSA) is 60.2 Å². The SMILES string of the molecule is CS(=O)(=O)CCC(N)c1cc(F)ccc1F. The molecule has 0 bridgehead atoms. The maximum atomic E-state index is 13.2. The van der Waals surface area contributed by atoms with Crippen molar-refractivity contribution in [2.75, 3.05) is 12.0 Å². The highest BCUT2D eigenvalue weighted by Gasteiger charge is 2.14. The van der Waals surface area contributed by atoms with Crippen molar-refractivity contribution in [1.82, 2.24) is 0 Å². The molecule has 1 aromatic carbocycles. The first-order valence-corrected chi connectivity index (χ1v) is 6.74. The van der Waals surface area contributed by atoms with Crippen LogP contribution in [0.2, 0.25) is 0 Å². The van der Waals surface area contributed by atoms with Gasteiger partial charge in [-0.25, -0.2) is 17.2 Å². The third-order valence-corrected chi connectivity index (χ3v) is 3.13. The van der Waals surface area contributed by atoms with Crippen molar-refractivity contribution in [2.45, 2.75) is 12.5 Å². The molecule has 0 saturated carbocycles. The molecule has 0 aliphatic heterocycles. The largest absolute Gasteiger partial charge is 0.324 e. The summed E-state index contributed by atoms with van der Waals surface area (Å²) in [6.07, 6.45) is 1.14. The van der Waals surface area contributed by atoms with E-state index in [1.165, 1.54) is 0 Å². The van der Waals surface area contributed by atoms with Crippen molar-refractivity contribution in [1.29, 1.82) is 0 Å². The lowest BCUT2D eigenvalue weighted by Crippen LogP contribution is -2.17. The molecule has 90 valence electrons. The highest BCUT2D eigenvalue weighted by molar-refractivity contribution is 7.90. The summed E-state index contributed by atoms with van der Waals surface area (Å²) in [4.78, 5) is 0. The van der Waals surface area contributed by atoms with Gasteiger partial charge in [-0.3, -0.25) is 0 Å². The standard InChI is InChI=1S/C10H13F2NO2S/c1-16(14,15)5-4-10(13)8-6-7(11)2-3-9(8)12/h2-3,6,10H,4-5,13H2,1H3. The first-order valence-electron chi connectivity index (χ1n) is 4.68. The third-order valence-electron chi connectivity index (χ3n) is 2.16. The van der Waals surface area contributed by atoms with Crippen LogP contribution >= 0.6 is 0 Å². The minimum atomic E-state index is -3.15. The average molecular weight is 249 g/mol. The van der Waals surface area contributed by atoms with Crippen molar-refractivity contribution in [2.24, 2.45) is 5.73 Å². The second-order valence-electron chi connectivity index (χ2n) is 3.69. The van der Waals surface area contributed by atoms with Gasteiger partial charge < -0.3 is 5.73 Å². The molecule has 0 heterocycles. The third kappa shape index (κ3) is 3.86. The number of hydrogen-bond donors (Lipinski definition) is 1. The van der Waals surface area contributed by atoms with Crippen molar-refractivity contribution in [3.63, 3.8) is 0 Å². The molecule has 1 unspecified atom stereocenters. The smallest absolute Gasteiger partial charge is 0.147 e. The molecule has 0 radical (unpaired) electrons. The van der Waals surface area contributed by atoms with Gasteiger partial charge in [-0.05, 0) is 24.6 Å². The van der Waals surface area contributed by atoms with E-state index in [0.29, 0.717) is 0 Å². The fourth-order valence-corrected chi connectivity index (χ4v) is 1.98. The highest BCUT2D eigenvalue weighted by Crippen LogP contribution is 2.19. The number of sulfone groups is 1. The van der Waals surface area contributed by atoms with Gasteiger partial charge in [0, 0.05) is 17.9 Å². The fourth-order valence-electron chi connectivity index (χ4n) is 1.30. The van der Waals surface area contributed by atoms with E-state index < -0.39 is 27.5 Å². The molecule has 0 amide bonds. The summed E-state index contributed by atoms with van der Waals surface area (Å²) in [5.74, 6) is -1.36. The first kappa shape index (κ1) is 13.1. The minimum absolute atomic E-state index is 0.00338. The van der Waals surface area contributed by atoms with Gasteiger partial charge in [-0.2, -0.15) is 0 Å². The molecule has 1 atom stereocenters. The Hall–Kier alpha value is -1.01. The van der Waals surface area contributed by atoms with Gasteiger partial charge in [0.1, 0.15) is 21.5 Å². The zero-order valence-electron chi connectivity index (χ0n) is 8.78. The van der Waals surface area contributed by atoms with Crippen LogP contribution in [-0.4, -0.2) is 20.4 Å². The summed E-state index contributed by atoms with van der Waals surface area (Å²) in [6, 6.07) is 2.14. The van der Waals surface area contributed by atoms with E-state index in [4.69, 9.17) is 5.73 Å². The Labute approximate surface area is 93.2 Å². The van der Waals surface area contributed by atoms with Gasteiger partial charge in [-0.15, -0.1) is 0 Å². The number of nitrogens with two attached hydrogens (primary N) is 1. The van der Waals surface area contributed by atoms with Gasteiger partial charge in [0.25, 0.3) is 0 Å². The van der Waals surface area contributed by atoms with Crippen molar-refractivity contribution < 1.29 is 17.2 Å². The maximum absolute atomic E-state index is 13.2. The lowest BCUT2D eigenvalue weighted by Gasteiger charge is -2.12. The van der Waals surface area contributed by atoms with Gasteiger partial charge >= 0.3 is 0 Å². The Balaban J connectivity index is 2.80. The Morgan fingerprint density at radius 2 is 2.00 bits per heavy atom. The van der Waals surface area contributed by atoms with Crippen molar-refractivity contribution in [3.8, 4) is 0 Å². The average Bonchev–Trinajstić information content (AvgIpc) is 2.17. The molecule has 0 aliphatic rings. The number of rotatable bonds is 4. The Kier molecular flexibility index (Phi) is 3.98. The molecular weight excluding hydrogens is 236 g/mol. The van der Waals surface area contributed by atoms with E-state index in [1.54, 1.807) is 0 Å². The summed E-state index contributed by atoms with van der Waals surface area (Å²) < 4.78 is 47.9. The molecule has 0 aromatic heterocycles. The predicted octanol–water partition coefficient (Wildman–Crippen LogP) is 1.40. The zero-order chi connectivity index (χ0) is 12.3. The first-order chi connectivity index (χ1) is 7.29. The van der Waals surface area contributed by atoms with Crippen LogP contribution in [-0.2, 0) is 9.84 Å². The number of halogens is 2. The van der Waals surface area contributed by atoms with Crippen LogP contribution in [0, 0.1) is 11.6 Å². The molecule has 0 spiro atoms. The molecule has 0 saturated heterocycles. The van der Waals surface area contributed by atoms with E-state index >= 15 is 0 Å². The summed E-state index contributed by atoms with van der Waals surface area (Å²) in [6.45, 7) is 0. The molecule has 0 fully saturated rings. The van der Waals surface area contributed by atoms with E-state index in [9.17, 15) is 17.2 Å². The van der Waals surface area contributed by atoms with E-state index in [-0.39, 0.29) is 17.7 Å². The highest BCUT2D eigenvalue weighted by atomic mass is 32.2. The van der Waals surface area contributed by atoms with E-state index in [2.05, 4.69) is 0 Å². The van der Waals surface area contributed by atoms with Crippen LogP contribution in [0.25, 0.3) is 0 Å². The van der Waals surface area contributed by atoms with Crippen molar-refractivity contribution >= 4 is 9.84 Å². The fraction of sp³-hybridized carbons (Fsp3) is 0.400. The second-order valence-corrected chi connectivity index (χ2v) is 5.95. The molecule has 16 heavy (non-hydrogen) atoms. The van der Waals surface area contributed by atoms with Crippen molar-refractivity contribution in [3.05, 3.63) is 35.4 Å². The molecule has 6 heteroatoms. The van der Waals surface area contributed by atoms with E-state index in [0.717, 1.165) is 24.5 Å². The molecule has 2 N–H and O–H groups in total. The van der Waals surface area contributed by atoms with Crippen LogP contribution in [0.4, 0.5) is 8.78 Å². The summed E-state index contributed by atoms with van der Waals surface area (Å²) >= 11 is 0. The molecule has 3 nitrogen and oxygen atoms in total. The van der Waals surface area contributed by atoms with Gasteiger partial charge in [0.05, 0.1) is 5.75 Å². The van der Waals surface area contributed by atoms with Gasteiger partial charge in [-0.1, -0.05) is 0 Å². The number of hydrogen-bond acceptors (Lipinski definition) is 3. The zero-order valence-corrected chi connectivity index (χ0v) is 9.60. The molecule has 1 rings (SSSR count). The lowest BCUT2D eigenvalue weighted by molar-refractivity contribution is 0.552. The molecular formula is C10H13F2NO2S. The Bertz CT molecular complexity index is 474. The summed E-state index contributed by atoms with van der Waals surface area (Å²) in [5, 5.41) is 0. The van der Waals surface area contributed by atoms with E-state index in [1.807, 2.05) is 0 Å².